The number of rotatable bonds is 7. The van der Waals surface area contributed by atoms with E-state index in [0.717, 1.165) is 63.6 Å². The molecule has 0 spiro atoms. The third-order valence-corrected chi connectivity index (χ3v) is 6.08. The maximum absolute atomic E-state index is 12.2. The molecule has 0 bridgehead atoms. The molecule has 3 rings (SSSR count). The van der Waals surface area contributed by atoms with Crippen LogP contribution in [0.4, 0.5) is 4.79 Å². The molecule has 3 N–H and O–H groups in total. The number of aliphatic hydroxyl groups is 1. The summed E-state index contributed by atoms with van der Waals surface area (Å²) in [5, 5.41) is 10.5. The van der Waals surface area contributed by atoms with E-state index in [-0.39, 0.29) is 12.1 Å². The lowest BCUT2D eigenvalue weighted by Crippen LogP contribution is -2.42. The molecule has 2 aliphatic rings. The maximum atomic E-state index is 12.2. The van der Waals surface area contributed by atoms with Gasteiger partial charge in [-0.25, -0.2) is 4.79 Å². The second kappa shape index (κ2) is 10.2. The molecule has 1 saturated carbocycles. The minimum absolute atomic E-state index is 0.226. The summed E-state index contributed by atoms with van der Waals surface area (Å²) in [5.74, 6) is 0.563. The summed E-state index contributed by atoms with van der Waals surface area (Å²) >= 11 is 0. The van der Waals surface area contributed by atoms with E-state index >= 15 is 0 Å². The zero-order valence-corrected chi connectivity index (χ0v) is 16.7. The van der Waals surface area contributed by atoms with Crippen LogP contribution >= 0.6 is 0 Å². The van der Waals surface area contributed by atoms with E-state index in [0.29, 0.717) is 25.7 Å². The second-order valence-corrected chi connectivity index (χ2v) is 8.37. The zero-order chi connectivity index (χ0) is 19.8. The van der Waals surface area contributed by atoms with Gasteiger partial charge in [-0.2, -0.15) is 0 Å². The average Bonchev–Trinajstić information content (AvgIpc) is 2.73. The minimum atomic E-state index is -0.693. The molecule has 6 heteroatoms. The van der Waals surface area contributed by atoms with Crippen LogP contribution in [0.15, 0.2) is 30.3 Å². The van der Waals surface area contributed by atoms with E-state index in [4.69, 9.17) is 15.2 Å². The molecular formula is C22H34N2O4. The lowest BCUT2D eigenvalue weighted by Gasteiger charge is -2.35. The van der Waals surface area contributed by atoms with E-state index < -0.39 is 5.60 Å². The number of hydrogen-bond acceptors (Lipinski definition) is 5. The Morgan fingerprint density at radius 1 is 1.14 bits per heavy atom. The number of benzene rings is 1. The molecule has 2 fully saturated rings. The van der Waals surface area contributed by atoms with E-state index in [1.165, 1.54) is 0 Å². The third-order valence-electron chi connectivity index (χ3n) is 6.08. The smallest absolute Gasteiger partial charge is 0.410 e. The topological polar surface area (TPSA) is 85.0 Å². The molecule has 1 saturated heterocycles. The Kier molecular flexibility index (Phi) is 7.71. The molecule has 1 aromatic rings. The van der Waals surface area contributed by atoms with Gasteiger partial charge < -0.3 is 25.2 Å². The van der Waals surface area contributed by atoms with Crippen LogP contribution in [0.3, 0.4) is 0 Å². The van der Waals surface area contributed by atoms with E-state index in [1.54, 1.807) is 4.90 Å². The molecule has 6 nitrogen and oxygen atoms in total. The van der Waals surface area contributed by atoms with Crippen molar-refractivity contribution in [1.82, 2.24) is 4.90 Å². The van der Waals surface area contributed by atoms with Crippen LogP contribution in [-0.4, -0.2) is 54.0 Å². The predicted molar refractivity (Wildman–Crippen MR) is 108 cm³/mol. The van der Waals surface area contributed by atoms with Crippen molar-refractivity contribution in [2.75, 3.05) is 26.3 Å². The summed E-state index contributed by atoms with van der Waals surface area (Å²) in [6.07, 6.45) is 5.91. The fourth-order valence-corrected chi connectivity index (χ4v) is 4.05. The highest BCUT2D eigenvalue weighted by atomic mass is 16.6. The van der Waals surface area contributed by atoms with Crippen molar-refractivity contribution in [2.24, 2.45) is 11.7 Å². The Hall–Kier alpha value is -1.63. The predicted octanol–water partition coefficient (Wildman–Crippen LogP) is 3.07. The molecule has 1 aliphatic heterocycles. The summed E-state index contributed by atoms with van der Waals surface area (Å²) in [4.78, 5) is 14.0. The molecule has 1 amide bonds. The van der Waals surface area contributed by atoms with Crippen molar-refractivity contribution in [3.63, 3.8) is 0 Å². The highest BCUT2D eigenvalue weighted by Gasteiger charge is 2.32. The summed E-state index contributed by atoms with van der Waals surface area (Å²) in [6.45, 7) is 2.86. The van der Waals surface area contributed by atoms with Gasteiger partial charge in [0.1, 0.15) is 6.61 Å². The first kappa shape index (κ1) is 21.1. The third kappa shape index (κ3) is 6.47. The molecule has 1 aliphatic carbocycles. The van der Waals surface area contributed by atoms with Crippen LogP contribution in [-0.2, 0) is 16.1 Å². The molecule has 0 radical (unpaired) electrons. The van der Waals surface area contributed by atoms with Crippen LogP contribution in [0.1, 0.15) is 50.5 Å². The lowest BCUT2D eigenvalue weighted by atomic mass is 9.83. The lowest BCUT2D eigenvalue weighted by molar-refractivity contribution is -0.0730. The number of ether oxygens (including phenoxy) is 2. The normalized spacial score (nSPS) is 26.2. The average molecular weight is 391 g/mol. The number of likely N-dealkylation sites (tertiary alicyclic amines) is 1. The summed E-state index contributed by atoms with van der Waals surface area (Å²) < 4.78 is 11.2. The van der Waals surface area contributed by atoms with E-state index in [1.807, 2.05) is 30.3 Å². The van der Waals surface area contributed by atoms with Gasteiger partial charge in [0.15, 0.2) is 0 Å². The van der Waals surface area contributed by atoms with Crippen molar-refractivity contribution in [1.29, 1.82) is 0 Å². The molecular weight excluding hydrogens is 356 g/mol. The second-order valence-electron chi connectivity index (χ2n) is 8.37. The Labute approximate surface area is 168 Å². The van der Waals surface area contributed by atoms with Gasteiger partial charge in [-0.1, -0.05) is 30.3 Å². The van der Waals surface area contributed by atoms with Crippen LogP contribution < -0.4 is 5.73 Å². The van der Waals surface area contributed by atoms with Gasteiger partial charge >= 0.3 is 6.09 Å². The standard InChI is InChI=1S/C22H34N2O4/c23-20-6-11-22(26,12-7-20)17-27-15-10-18-8-13-24(14-9-18)21(25)28-16-19-4-2-1-3-5-19/h1-5,18,20,26H,6-17,23H2. The number of amides is 1. The maximum Gasteiger partial charge on any atom is 0.410 e. The highest BCUT2D eigenvalue weighted by Crippen LogP contribution is 2.28. The summed E-state index contributed by atoms with van der Waals surface area (Å²) in [6, 6.07) is 9.97. The highest BCUT2D eigenvalue weighted by molar-refractivity contribution is 5.67. The molecule has 28 heavy (non-hydrogen) atoms. The van der Waals surface area contributed by atoms with Crippen LogP contribution in [0, 0.1) is 5.92 Å². The van der Waals surface area contributed by atoms with Crippen LogP contribution in [0.25, 0.3) is 0 Å². The van der Waals surface area contributed by atoms with E-state index in [2.05, 4.69) is 0 Å². The molecule has 0 atom stereocenters. The Morgan fingerprint density at radius 3 is 2.50 bits per heavy atom. The SMILES string of the molecule is NC1CCC(O)(COCCC2CCN(C(=O)OCc3ccccc3)CC2)CC1. The number of piperidine rings is 1. The Balaban J connectivity index is 1.27. The summed E-state index contributed by atoms with van der Waals surface area (Å²) in [7, 11) is 0. The Morgan fingerprint density at radius 2 is 1.82 bits per heavy atom. The van der Waals surface area contributed by atoms with Crippen molar-refractivity contribution >= 4 is 6.09 Å². The quantitative estimate of drug-likeness (QED) is 0.699. The number of nitrogens with two attached hydrogens (primary N) is 1. The minimum Gasteiger partial charge on any atom is -0.445 e. The van der Waals surface area contributed by atoms with Crippen LogP contribution in [0.2, 0.25) is 0 Å². The molecule has 0 aromatic heterocycles. The first-order chi connectivity index (χ1) is 13.5. The van der Waals surface area contributed by atoms with Crippen molar-refractivity contribution in [3.05, 3.63) is 35.9 Å². The molecule has 1 aromatic carbocycles. The fourth-order valence-electron chi connectivity index (χ4n) is 4.05. The van der Waals surface area contributed by atoms with Gasteiger partial charge in [0, 0.05) is 25.7 Å². The largest absolute Gasteiger partial charge is 0.445 e. The van der Waals surface area contributed by atoms with Gasteiger partial charge in [-0.15, -0.1) is 0 Å². The molecule has 0 unspecified atom stereocenters. The van der Waals surface area contributed by atoms with E-state index in [9.17, 15) is 9.90 Å². The molecule has 1 heterocycles. The van der Waals surface area contributed by atoms with Gasteiger partial charge in [-0.05, 0) is 56.4 Å². The van der Waals surface area contributed by atoms with Gasteiger partial charge in [0.05, 0.1) is 12.2 Å². The number of carbonyl (C=O) groups excluding carboxylic acids is 1. The fraction of sp³-hybridized carbons (Fsp3) is 0.682. The first-order valence-electron chi connectivity index (χ1n) is 10.6. The van der Waals surface area contributed by atoms with Crippen molar-refractivity contribution in [2.45, 2.75) is 63.2 Å². The number of hydrogen-bond donors (Lipinski definition) is 2. The van der Waals surface area contributed by atoms with Gasteiger partial charge in [0.25, 0.3) is 0 Å². The summed E-state index contributed by atoms with van der Waals surface area (Å²) in [5.41, 5.74) is 6.21. The van der Waals surface area contributed by atoms with Gasteiger partial charge in [-0.3, -0.25) is 0 Å². The van der Waals surface area contributed by atoms with Crippen molar-refractivity contribution < 1.29 is 19.4 Å². The van der Waals surface area contributed by atoms with Gasteiger partial charge in [0.2, 0.25) is 0 Å². The molecule has 156 valence electrons. The van der Waals surface area contributed by atoms with Crippen molar-refractivity contribution in [3.8, 4) is 0 Å². The van der Waals surface area contributed by atoms with Crippen LogP contribution in [0.5, 0.6) is 0 Å². The Bertz CT molecular complexity index is 594. The zero-order valence-electron chi connectivity index (χ0n) is 16.7. The number of carbonyl (C=O) groups is 1. The monoisotopic (exact) mass is 390 g/mol. The first-order valence-corrected chi connectivity index (χ1v) is 10.6. The number of nitrogens with zero attached hydrogens (tertiary/aromatic N) is 1.